The number of rotatable bonds is 11. The van der Waals surface area contributed by atoms with Crippen molar-refractivity contribution >= 4 is 40.3 Å². The maximum atomic E-state index is 11.6. The van der Waals surface area contributed by atoms with Gasteiger partial charge in [-0.3, -0.25) is 4.79 Å². The van der Waals surface area contributed by atoms with Gasteiger partial charge in [-0.05, 0) is 67.3 Å². The van der Waals surface area contributed by atoms with Crippen LogP contribution in [0.5, 0.6) is 5.75 Å². The number of aliphatic carboxylic acids is 1. The number of fused-ring (bicyclic) bond motifs is 1. The van der Waals surface area contributed by atoms with E-state index in [1.807, 2.05) is 18.2 Å². The first kappa shape index (κ1) is 25.9. The summed E-state index contributed by atoms with van der Waals surface area (Å²) in [6.45, 7) is 9.36. The summed E-state index contributed by atoms with van der Waals surface area (Å²) in [6, 6.07) is 9.79. The number of benzene rings is 2. The second-order valence-electron chi connectivity index (χ2n) is 10.6. The molecule has 7 heteroatoms. The summed E-state index contributed by atoms with van der Waals surface area (Å²) in [4.78, 5) is 12.5. The van der Waals surface area contributed by atoms with Crippen molar-refractivity contribution in [2.75, 3.05) is 12.4 Å². The highest BCUT2D eigenvalue weighted by atomic mass is 35.5. The number of carboxylic acids is 1. The Morgan fingerprint density at radius 2 is 2.03 bits per heavy atom. The fraction of sp³-hybridized carbons (Fsp3) is 0.500. The largest absolute Gasteiger partial charge is 0.493 e. The van der Waals surface area contributed by atoms with Crippen LogP contribution in [-0.2, 0) is 23.1 Å². The fourth-order valence-electron chi connectivity index (χ4n) is 4.43. The highest BCUT2D eigenvalue weighted by Crippen LogP contribution is 2.49. The summed E-state index contributed by atoms with van der Waals surface area (Å²) in [7, 11) is 0. The summed E-state index contributed by atoms with van der Waals surface area (Å²) < 4.78 is 12.0. The Morgan fingerprint density at radius 3 is 2.66 bits per heavy atom. The van der Waals surface area contributed by atoms with Crippen LogP contribution >= 0.6 is 23.4 Å². The molecule has 3 aromatic rings. The van der Waals surface area contributed by atoms with E-state index in [0.717, 1.165) is 69.9 Å². The van der Waals surface area contributed by atoms with Gasteiger partial charge in [-0.2, -0.15) is 0 Å². The number of aromatic nitrogens is 1. The number of hydrogen-bond donors (Lipinski definition) is 1. The predicted octanol–water partition coefficient (Wildman–Crippen LogP) is 7.70. The molecule has 0 spiro atoms. The number of halogens is 1. The zero-order chi connectivity index (χ0) is 25.2. The molecular weight excluding hydrogens is 482 g/mol. The molecule has 0 saturated heterocycles. The van der Waals surface area contributed by atoms with E-state index in [9.17, 15) is 9.90 Å². The third kappa shape index (κ3) is 5.80. The Kier molecular flexibility index (Phi) is 7.72. The predicted molar refractivity (Wildman–Crippen MR) is 142 cm³/mol. The molecule has 2 aromatic carbocycles. The molecule has 1 heterocycles. The van der Waals surface area contributed by atoms with Crippen molar-refractivity contribution < 1.29 is 19.2 Å². The summed E-state index contributed by atoms with van der Waals surface area (Å²) in [5.74, 6) is 0.961. The second kappa shape index (κ2) is 10.4. The molecule has 188 valence electrons. The standard InChI is InChI=1S/C28H34ClNO4S/c1-5-7-20-23(10-9-19-22(17-27(2,3)4)30-34-25(19)20)33-14-6-15-35-24-11-8-18(16-21(24)29)28(12-13-28)26(31)32/h8-11,16H,5-7,12-15,17H2,1-4H3,(H,31,32). The van der Waals surface area contributed by atoms with Gasteiger partial charge in [-0.1, -0.05) is 56.9 Å². The highest BCUT2D eigenvalue weighted by Gasteiger charge is 2.51. The number of aryl methyl sites for hydroxylation is 1. The monoisotopic (exact) mass is 515 g/mol. The van der Waals surface area contributed by atoms with Crippen LogP contribution in [0.2, 0.25) is 5.02 Å². The minimum Gasteiger partial charge on any atom is -0.493 e. The fourth-order valence-corrected chi connectivity index (χ4v) is 5.62. The van der Waals surface area contributed by atoms with Crippen LogP contribution in [0.3, 0.4) is 0 Å². The number of hydrogen-bond acceptors (Lipinski definition) is 5. The molecule has 5 nitrogen and oxygen atoms in total. The smallest absolute Gasteiger partial charge is 0.314 e. The van der Waals surface area contributed by atoms with Crippen LogP contribution in [0.4, 0.5) is 0 Å². The van der Waals surface area contributed by atoms with E-state index in [1.165, 1.54) is 0 Å². The molecule has 0 amide bonds. The van der Waals surface area contributed by atoms with Gasteiger partial charge in [-0.15, -0.1) is 11.8 Å². The summed E-state index contributed by atoms with van der Waals surface area (Å²) in [5, 5.41) is 15.6. The molecule has 0 radical (unpaired) electrons. The lowest BCUT2D eigenvalue weighted by atomic mass is 9.89. The average molecular weight is 516 g/mol. The molecule has 0 aliphatic heterocycles. The van der Waals surface area contributed by atoms with Gasteiger partial charge in [0.25, 0.3) is 0 Å². The van der Waals surface area contributed by atoms with Crippen LogP contribution in [0.25, 0.3) is 11.0 Å². The molecule has 0 bridgehead atoms. The van der Waals surface area contributed by atoms with Gasteiger partial charge >= 0.3 is 5.97 Å². The maximum Gasteiger partial charge on any atom is 0.314 e. The van der Waals surface area contributed by atoms with Crippen LogP contribution in [0.15, 0.2) is 39.8 Å². The van der Waals surface area contributed by atoms with Crippen molar-refractivity contribution in [3.63, 3.8) is 0 Å². The molecule has 0 unspecified atom stereocenters. The van der Waals surface area contributed by atoms with Gasteiger partial charge < -0.3 is 14.4 Å². The van der Waals surface area contributed by atoms with Crippen molar-refractivity contribution in [1.82, 2.24) is 5.16 Å². The Bertz CT molecular complexity index is 1210. The van der Waals surface area contributed by atoms with Crippen molar-refractivity contribution in [2.24, 2.45) is 5.41 Å². The molecule has 0 atom stereocenters. The lowest BCUT2D eigenvalue weighted by Crippen LogP contribution is -2.19. The number of ether oxygens (including phenoxy) is 1. The molecule has 1 N–H and O–H groups in total. The maximum absolute atomic E-state index is 11.6. The van der Waals surface area contributed by atoms with Crippen LogP contribution in [0, 0.1) is 5.41 Å². The molecule has 1 aromatic heterocycles. The SMILES string of the molecule is CCCc1c(OCCCSc2ccc(C3(C(=O)O)CC3)cc2Cl)ccc2c(CC(C)(C)C)noc12. The van der Waals surface area contributed by atoms with Gasteiger partial charge in [0.15, 0.2) is 5.58 Å². The number of carboxylic acid groups (broad SMARTS) is 1. The van der Waals surface area contributed by atoms with E-state index in [1.54, 1.807) is 11.8 Å². The quantitative estimate of drug-likeness (QED) is 0.208. The lowest BCUT2D eigenvalue weighted by molar-refractivity contribution is -0.140. The highest BCUT2D eigenvalue weighted by molar-refractivity contribution is 7.99. The van der Waals surface area contributed by atoms with Crippen LogP contribution in [-0.4, -0.2) is 28.6 Å². The van der Waals surface area contributed by atoms with Crippen molar-refractivity contribution in [1.29, 1.82) is 0 Å². The van der Waals surface area contributed by atoms with Gasteiger partial charge in [0, 0.05) is 21.6 Å². The lowest BCUT2D eigenvalue weighted by Gasteiger charge is -2.16. The molecule has 1 aliphatic rings. The topological polar surface area (TPSA) is 72.6 Å². The molecule has 1 saturated carbocycles. The normalized spacial score (nSPS) is 14.9. The van der Waals surface area contributed by atoms with Gasteiger partial charge in [0.05, 0.1) is 22.7 Å². The van der Waals surface area contributed by atoms with Crippen molar-refractivity contribution in [3.05, 3.63) is 52.2 Å². The van der Waals surface area contributed by atoms with Gasteiger partial charge in [0.1, 0.15) is 5.75 Å². The van der Waals surface area contributed by atoms with Gasteiger partial charge in [0.2, 0.25) is 0 Å². The summed E-state index contributed by atoms with van der Waals surface area (Å²) in [6.07, 6.45) is 4.96. The van der Waals surface area contributed by atoms with E-state index in [2.05, 4.69) is 45.0 Å². The van der Waals surface area contributed by atoms with Gasteiger partial charge in [-0.25, -0.2) is 0 Å². The zero-order valence-electron chi connectivity index (χ0n) is 20.9. The third-order valence-corrected chi connectivity index (χ3v) is 8.01. The number of thioether (sulfide) groups is 1. The molecule has 35 heavy (non-hydrogen) atoms. The van der Waals surface area contributed by atoms with Crippen molar-refractivity contribution in [3.8, 4) is 5.75 Å². The number of carbonyl (C=O) groups is 1. The third-order valence-electron chi connectivity index (χ3n) is 6.42. The number of nitrogens with zero attached hydrogens (tertiary/aromatic N) is 1. The Labute approximate surface area is 216 Å². The summed E-state index contributed by atoms with van der Waals surface area (Å²) >= 11 is 8.14. The van der Waals surface area contributed by atoms with Crippen LogP contribution < -0.4 is 4.74 Å². The van der Waals surface area contributed by atoms with E-state index in [0.29, 0.717) is 24.5 Å². The van der Waals surface area contributed by atoms with E-state index in [-0.39, 0.29) is 5.41 Å². The molecular formula is C28H34ClNO4S. The molecule has 4 rings (SSSR count). The first-order valence-corrected chi connectivity index (χ1v) is 13.7. The Balaban J connectivity index is 1.35. The Hall–Kier alpha value is -2.18. The second-order valence-corrected chi connectivity index (χ2v) is 12.2. The van der Waals surface area contributed by atoms with E-state index in [4.69, 9.17) is 20.9 Å². The molecule has 1 fully saturated rings. The molecule has 1 aliphatic carbocycles. The Morgan fingerprint density at radius 1 is 1.26 bits per heavy atom. The minimum absolute atomic E-state index is 0.139. The first-order valence-electron chi connectivity index (χ1n) is 12.3. The zero-order valence-corrected chi connectivity index (χ0v) is 22.5. The summed E-state index contributed by atoms with van der Waals surface area (Å²) in [5.41, 5.74) is 3.16. The minimum atomic E-state index is -0.762. The van der Waals surface area contributed by atoms with E-state index < -0.39 is 11.4 Å². The van der Waals surface area contributed by atoms with Crippen LogP contribution in [0.1, 0.15) is 70.2 Å². The average Bonchev–Trinajstić information content (AvgIpc) is 3.52. The van der Waals surface area contributed by atoms with E-state index >= 15 is 0 Å². The van der Waals surface area contributed by atoms with Crippen molar-refractivity contribution in [2.45, 2.75) is 76.5 Å². The first-order chi connectivity index (χ1) is 16.6.